The Morgan fingerprint density at radius 3 is 2.41 bits per heavy atom. The van der Waals surface area contributed by atoms with Crippen LogP contribution in [0.15, 0.2) is 12.1 Å². The predicted molar refractivity (Wildman–Crippen MR) is 78.9 cm³/mol. The summed E-state index contributed by atoms with van der Waals surface area (Å²) >= 11 is -1.41. The average molecular weight is 335 g/mol. The van der Waals surface area contributed by atoms with E-state index >= 15 is 0 Å². The van der Waals surface area contributed by atoms with Crippen molar-refractivity contribution in [1.29, 1.82) is 0 Å². The molecule has 1 aromatic rings. The quantitative estimate of drug-likeness (QED) is 0.806. The zero-order chi connectivity index (χ0) is 17.1. The van der Waals surface area contributed by atoms with Crippen LogP contribution in [0.3, 0.4) is 0 Å². The van der Waals surface area contributed by atoms with Gasteiger partial charge in [-0.25, -0.2) is 18.6 Å². The van der Waals surface area contributed by atoms with Crippen LogP contribution in [0.2, 0.25) is 0 Å². The molecule has 0 aliphatic heterocycles. The lowest BCUT2D eigenvalue weighted by molar-refractivity contribution is 0.145. The molecule has 1 aromatic heterocycles. The summed E-state index contributed by atoms with van der Waals surface area (Å²) in [5, 5.41) is 0. The number of pyridine rings is 1. The second-order valence-electron chi connectivity index (χ2n) is 5.60. The molecule has 0 aromatic carbocycles. The van der Waals surface area contributed by atoms with Crippen molar-refractivity contribution < 1.29 is 22.9 Å². The van der Waals surface area contributed by atoms with Gasteiger partial charge in [0.05, 0.1) is 11.7 Å². The van der Waals surface area contributed by atoms with Gasteiger partial charge in [-0.1, -0.05) is 0 Å². The van der Waals surface area contributed by atoms with Crippen LogP contribution < -0.4 is 15.2 Å². The Morgan fingerprint density at radius 1 is 1.41 bits per heavy atom. The Balaban J connectivity index is 3.06. The summed E-state index contributed by atoms with van der Waals surface area (Å²) in [5.74, 6) is -0.136. The van der Waals surface area contributed by atoms with E-state index in [1.807, 2.05) is 0 Å². The first-order valence-electron chi connectivity index (χ1n) is 6.46. The number of primary amides is 1. The lowest BCUT2D eigenvalue weighted by Gasteiger charge is -2.26. The second-order valence-corrected chi connectivity index (χ2v) is 7.59. The highest BCUT2D eigenvalue weighted by Crippen LogP contribution is 2.26. The average Bonchev–Trinajstić information content (AvgIpc) is 2.36. The first-order valence-corrected chi connectivity index (χ1v) is 7.61. The number of nitrogens with two attached hydrogens (primary N) is 1. The van der Waals surface area contributed by atoms with E-state index in [1.165, 1.54) is 6.07 Å². The lowest BCUT2D eigenvalue weighted by Crippen LogP contribution is -2.40. The van der Waals surface area contributed by atoms with Gasteiger partial charge < -0.3 is 15.0 Å². The van der Waals surface area contributed by atoms with Crippen molar-refractivity contribution in [2.45, 2.75) is 44.9 Å². The number of hydrogen-bond acceptors (Lipinski definition) is 5. The first-order chi connectivity index (χ1) is 10.0. The Labute approximate surface area is 130 Å². The Bertz CT molecular complexity index is 538. The summed E-state index contributed by atoms with van der Waals surface area (Å²) in [6, 6.07) is 1.65. The number of halogens is 2. The molecule has 9 heteroatoms. The third-order valence-electron chi connectivity index (χ3n) is 2.56. The molecule has 2 atom stereocenters. The van der Waals surface area contributed by atoms with Crippen molar-refractivity contribution in [2.75, 3.05) is 0 Å². The summed E-state index contributed by atoms with van der Waals surface area (Å²) in [7, 11) is 0. The van der Waals surface area contributed by atoms with Crippen LogP contribution in [0.4, 0.5) is 13.6 Å². The number of rotatable bonds is 5. The maximum Gasteiger partial charge on any atom is 0.409 e. The van der Waals surface area contributed by atoms with Crippen LogP contribution in [-0.4, -0.2) is 20.4 Å². The van der Waals surface area contributed by atoms with Gasteiger partial charge in [0.2, 0.25) is 0 Å². The maximum absolute atomic E-state index is 12.9. The fourth-order valence-corrected chi connectivity index (χ4v) is 2.25. The van der Waals surface area contributed by atoms with E-state index in [0.717, 1.165) is 6.07 Å². The topological polar surface area (TPSA) is 100 Å². The number of alkyl halides is 2. The van der Waals surface area contributed by atoms with Crippen LogP contribution in [0.25, 0.3) is 0 Å². The maximum atomic E-state index is 12.9. The Hall–Kier alpha value is -1.45. The van der Waals surface area contributed by atoms with E-state index in [-0.39, 0.29) is 11.4 Å². The highest BCUT2D eigenvalue weighted by atomic mass is 32.2. The fraction of sp³-hybridized carbons (Fsp3) is 0.538. The van der Waals surface area contributed by atoms with Crippen molar-refractivity contribution >= 4 is 17.5 Å². The van der Waals surface area contributed by atoms with Gasteiger partial charge in [0.25, 0.3) is 6.43 Å². The molecular formula is C13H19F2N3O3S. The highest BCUT2D eigenvalue weighted by Gasteiger charge is 2.29. The van der Waals surface area contributed by atoms with Crippen molar-refractivity contribution in [1.82, 2.24) is 9.71 Å². The van der Waals surface area contributed by atoms with Gasteiger partial charge in [-0.05, 0) is 27.7 Å². The van der Waals surface area contributed by atoms with E-state index in [1.54, 1.807) is 27.7 Å². The fourth-order valence-electron chi connectivity index (χ4n) is 1.45. The van der Waals surface area contributed by atoms with E-state index in [4.69, 9.17) is 5.73 Å². The second kappa shape index (κ2) is 7.21. The van der Waals surface area contributed by atoms with Gasteiger partial charge >= 0.3 is 6.09 Å². The number of amides is 1. The third-order valence-corrected chi connectivity index (χ3v) is 4.24. The van der Waals surface area contributed by atoms with Crippen LogP contribution in [0, 0.1) is 0 Å². The van der Waals surface area contributed by atoms with Crippen LogP contribution in [0.5, 0.6) is 5.75 Å². The standard InChI is InChI=1S/C13H19F2N3O3S/c1-7(18-22(20)13(2,3)4)9-5-8(21-12(16)19)6-10(17-9)11(14)15/h5-7,11,18H,1-4H3,(H2,16,19)/t7?,22-/m0/s1. The van der Waals surface area contributed by atoms with Crippen molar-refractivity contribution in [3.05, 3.63) is 23.5 Å². The van der Waals surface area contributed by atoms with Crippen LogP contribution >= 0.6 is 0 Å². The minimum Gasteiger partial charge on any atom is -0.598 e. The summed E-state index contributed by atoms with van der Waals surface area (Å²) in [6.07, 6.45) is -3.95. The zero-order valence-corrected chi connectivity index (χ0v) is 13.5. The molecule has 0 saturated heterocycles. The van der Waals surface area contributed by atoms with Crippen molar-refractivity contribution in [3.8, 4) is 5.75 Å². The molecule has 3 N–H and O–H groups in total. The van der Waals surface area contributed by atoms with Crippen molar-refractivity contribution in [2.24, 2.45) is 5.73 Å². The predicted octanol–water partition coefficient (Wildman–Crippen LogP) is 2.59. The minimum absolute atomic E-state index is 0.136. The van der Waals surface area contributed by atoms with Gasteiger partial charge in [-0.15, -0.1) is 4.72 Å². The number of carbonyl (C=O) groups is 1. The van der Waals surface area contributed by atoms with Crippen molar-refractivity contribution in [3.63, 3.8) is 0 Å². The van der Waals surface area contributed by atoms with Crippen LogP contribution in [-0.2, 0) is 11.4 Å². The lowest BCUT2D eigenvalue weighted by atomic mass is 10.2. The number of nitrogens with zero attached hydrogens (tertiary/aromatic N) is 1. The molecule has 0 bridgehead atoms. The number of ether oxygens (including phenoxy) is 1. The highest BCUT2D eigenvalue weighted by molar-refractivity contribution is 7.90. The van der Waals surface area contributed by atoms with E-state index < -0.39 is 40.4 Å². The first kappa shape index (κ1) is 18.6. The molecule has 1 heterocycles. The van der Waals surface area contributed by atoms with Crippen LogP contribution in [0.1, 0.15) is 51.6 Å². The van der Waals surface area contributed by atoms with E-state index in [9.17, 15) is 18.1 Å². The number of aromatic nitrogens is 1. The Kier molecular flexibility index (Phi) is 6.09. The van der Waals surface area contributed by atoms with E-state index in [0.29, 0.717) is 0 Å². The SMILES string of the molecule is CC(N[S@@+]([O-])C(C)(C)C)c1cc(OC(N)=O)cc(C(F)F)n1. The zero-order valence-electron chi connectivity index (χ0n) is 12.7. The summed E-state index contributed by atoms with van der Waals surface area (Å²) in [5.41, 5.74) is 4.50. The summed E-state index contributed by atoms with van der Waals surface area (Å²) in [6.45, 7) is 6.93. The molecule has 22 heavy (non-hydrogen) atoms. The number of carbonyl (C=O) groups excluding carboxylic acids is 1. The molecule has 1 unspecified atom stereocenters. The minimum atomic E-state index is -2.84. The molecule has 1 rings (SSSR count). The molecule has 0 aliphatic rings. The largest absolute Gasteiger partial charge is 0.598 e. The molecule has 1 amide bonds. The molecule has 124 valence electrons. The Morgan fingerprint density at radius 2 is 1.95 bits per heavy atom. The number of nitrogens with one attached hydrogen (secondary N) is 1. The van der Waals surface area contributed by atoms with E-state index in [2.05, 4.69) is 14.4 Å². The molecule has 0 fully saturated rings. The van der Waals surface area contributed by atoms with Gasteiger partial charge in [0.15, 0.2) is 0 Å². The smallest absolute Gasteiger partial charge is 0.409 e. The molecule has 6 nitrogen and oxygen atoms in total. The molecule has 0 spiro atoms. The monoisotopic (exact) mass is 335 g/mol. The summed E-state index contributed by atoms with van der Waals surface area (Å²) in [4.78, 5) is 14.6. The molecule has 0 radical (unpaired) electrons. The molecule has 0 saturated carbocycles. The molecular weight excluding hydrogens is 316 g/mol. The van der Waals surface area contributed by atoms with Gasteiger partial charge in [-0.3, -0.25) is 0 Å². The molecule has 0 aliphatic carbocycles. The van der Waals surface area contributed by atoms with Gasteiger partial charge in [0, 0.05) is 23.5 Å². The third kappa shape index (κ3) is 5.39. The van der Waals surface area contributed by atoms with Gasteiger partial charge in [0.1, 0.15) is 16.2 Å². The van der Waals surface area contributed by atoms with Gasteiger partial charge in [-0.2, -0.15) is 0 Å². The normalized spacial score (nSPS) is 14.7. The number of hydrogen-bond donors (Lipinski definition) is 2. The summed E-state index contributed by atoms with van der Waals surface area (Å²) < 4.78 is 44.7.